The Kier molecular flexibility index (Phi) is 8.07. The van der Waals surface area contributed by atoms with E-state index in [0.717, 1.165) is 38.2 Å². The summed E-state index contributed by atoms with van der Waals surface area (Å²) in [5, 5.41) is 0. The standard InChI is InChI=1S/C24H26F4O3/c1-2-3-4-5-17-8-6-15(13-31-17)18-10-11-20(24(28)22(18)26)19-9-7-16(12-30-14-29)21(25)23(19)27/h7,9-11,14-15,17H,2-6,8,12-13H2,1H3. The first-order valence-electron chi connectivity index (χ1n) is 10.6. The minimum atomic E-state index is -1.33. The van der Waals surface area contributed by atoms with Crippen LogP contribution in [0, 0.1) is 23.3 Å². The molecule has 0 aromatic heterocycles. The van der Waals surface area contributed by atoms with Crippen molar-refractivity contribution >= 4 is 6.47 Å². The van der Waals surface area contributed by atoms with E-state index in [1.165, 1.54) is 18.2 Å². The molecule has 0 radical (unpaired) electrons. The van der Waals surface area contributed by atoms with Crippen LogP contribution in [-0.4, -0.2) is 19.2 Å². The topological polar surface area (TPSA) is 35.5 Å². The van der Waals surface area contributed by atoms with Crippen molar-refractivity contribution in [2.45, 2.75) is 64.1 Å². The summed E-state index contributed by atoms with van der Waals surface area (Å²) in [6.07, 6.45) is 5.94. The van der Waals surface area contributed by atoms with E-state index in [4.69, 9.17) is 4.74 Å². The third kappa shape index (κ3) is 5.26. The second kappa shape index (κ2) is 10.8. The molecule has 0 amide bonds. The Morgan fingerprint density at radius 2 is 1.68 bits per heavy atom. The van der Waals surface area contributed by atoms with Crippen LogP contribution in [0.5, 0.6) is 0 Å². The molecule has 1 fully saturated rings. The maximum atomic E-state index is 14.9. The van der Waals surface area contributed by atoms with Crippen LogP contribution >= 0.6 is 0 Å². The van der Waals surface area contributed by atoms with Crippen LogP contribution < -0.4 is 0 Å². The Morgan fingerprint density at radius 3 is 2.32 bits per heavy atom. The van der Waals surface area contributed by atoms with Gasteiger partial charge in [-0.05, 0) is 24.8 Å². The molecule has 168 valence electrons. The predicted molar refractivity (Wildman–Crippen MR) is 108 cm³/mol. The van der Waals surface area contributed by atoms with Crippen LogP contribution in [0.2, 0.25) is 0 Å². The van der Waals surface area contributed by atoms with E-state index in [-0.39, 0.29) is 35.2 Å². The Labute approximate surface area is 179 Å². The van der Waals surface area contributed by atoms with Gasteiger partial charge in [0.05, 0.1) is 12.7 Å². The Bertz CT molecular complexity index is 908. The third-order valence-corrected chi connectivity index (χ3v) is 5.81. The highest BCUT2D eigenvalue weighted by molar-refractivity contribution is 5.66. The Balaban J connectivity index is 1.77. The van der Waals surface area contributed by atoms with Gasteiger partial charge in [0.1, 0.15) is 6.61 Å². The summed E-state index contributed by atoms with van der Waals surface area (Å²) >= 11 is 0. The van der Waals surface area contributed by atoms with Gasteiger partial charge in [-0.25, -0.2) is 17.6 Å². The predicted octanol–water partition coefficient (Wildman–Crippen LogP) is 6.43. The van der Waals surface area contributed by atoms with Crippen molar-refractivity contribution < 1.29 is 31.8 Å². The van der Waals surface area contributed by atoms with Crippen molar-refractivity contribution in [3.63, 3.8) is 0 Å². The molecular formula is C24H26F4O3. The van der Waals surface area contributed by atoms with Gasteiger partial charge in [-0.2, -0.15) is 0 Å². The smallest absolute Gasteiger partial charge is 0.293 e. The monoisotopic (exact) mass is 438 g/mol. The van der Waals surface area contributed by atoms with Crippen molar-refractivity contribution in [3.8, 4) is 11.1 Å². The number of carbonyl (C=O) groups excluding carboxylic acids is 1. The Hall–Kier alpha value is -2.41. The lowest BCUT2D eigenvalue weighted by atomic mass is 9.88. The van der Waals surface area contributed by atoms with Gasteiger partial charge in [-0.1, -0.05) is 50.5 Å². The highest BCUT2D eigenvalue weighted by Crippen LogP contribution is 2.36. The normalized spacial score (nSPS) is 18.7. The largest absolute Gasteiger partial charge is 0.463 e. The molecule has 2 atom stereocenters. The molecule has 1 aliphatic rings. The molecule has 2 aromatic carbocycles. The number of carbonyl (C=O) groups is 1. The summed E-state index contributed by atoms with van der Waals surface area (Å²) in [5.41, 5.74) is -0.773. The lowest BCUT2D eigenvalue weighted by Gasteiger charge is -2.30. The first-order chi connectivity index (χ1) is 15.0. The molecule has 0 aliphatic carbocycles. The summed E-state index contributed by atoms with van der Waals surface area (Å²) in [6, 6.07) is 5.00. The second-order valence-electron chi connectivity index (χ2n) is 7.86. The van der Waals surface area contributed by atoms with E-state index in [1.54, 1.807) is 0 Å². The van der Waals surface area contributed by atoms with Crippen LogP contribution in [0.4, 0.5) is 17.6 Å². The van der Waals surface area contributed by atoms with Crippen molar-refractivity contribution in [2.75, 3.05) is 6.61 Å². The van der Waals surface area contributed by atoms with E-state index in [1.807, 2.05) is 0 Å². The maximum Gasteiger partial charge on any atom is 0.293 e. The average Bonchev–Trinajstić information content (AvgIpc) is 2.78. The van der Waals surface area contributed by atoms with E-state index in [0.29, 0.717) is 13.0 Å². The molecule has 31 heavy (non-hydrogen) atoms. The van der Waals surface area contributed by atoms with Gasteiger partial charge in [-0.15, -0.1) is 0 Å². The summed E-state index contributed by atoms with van der Waals surface area (Å²) in [4.78, 5) is 10.2. The van der Waals surface area contributed by atoms with Gasteiger partial charge in [0.2, 0.25) is 0 Å². The molecule has 1 saturated heterocycles. The van der Waals surface area contributed by atoms with Crippen LogP contribution in [-0.2, 0) is 20.9 Å². The van der Waals surface area contributed by atoms with Crippen LogP contribution in [0.3, 0.4) is 0 Å². The van der Waals surface area contributed by atoms with Gasteiger partial charge in [0.25, 0.3) is 6.47 Å². The van der Waals surface area contributed by atoms with E-state index in [9.17, 15) is 22.4 Å². The number of unbranched alkanes of at least 4 members (excludes halogenated alkanes) is 2. The number of rotatable bonds is 9. The molecule has 0 saturated carbocycles. The number of ether oxygens (including phenoxy) is 2. The van der Waals surface area contributed by atoms with Crippen molar-refractivity contribution in [1.82, 2.24) is 0 Å². The summed E-state index contributed by atoms with van der Waals surface area (Å²) in [6.45, 7) is 2.10. The Morgan fingerprint density at radius 1 is 0.968 bits per heavy atom. The molecule has 3 nitrogen and oxygen atoms in total. The first kappa shape index (κ1) is 23.3. The van der Waals surface area contributed by atoms with Crippen molar-refractivity contribution in [2.24, 2.45) is 0 Å². The maximum absolute atomic E-state index is 14.9. The number of benzene rings is 2. The fraction of sp³-hybridized carbons (Fsp3) is 0.458. The molecule has 0 spiro atoms. The van der Waals surface area contributed by atoms with Gasteiger partial charge < -0.3 is 9.47 Å². The lowest BCUT2D eigenvalue weighted by Crippen LogP contribution is -2.25. The molecule has 1 aliphatic heterocycles. The molecule has 1 heterocycles. The van der Waals surface area contributed by atoms with Gasteiger partial charge in [-0.3, -0.25) is 4.79 Å². The zero-order valence-electron chi connectivity index (χ0n) is 17.4. The minimum Gasteiger partial charge on any atom is -0.463 e. The first-order valence-corrected chi connectivity index (χ1v) is 10.6. The van der Waals surface area contributed by atoms with Gasteiger partial charge >= 0.3 is 0 Å². The molecule has 3 rings (SSSR count). The van der Waals surface area contributed by atoms with Crippen molar-refractivity contribution in [1.29, 1.82) is 0 Å². The molecule has 7 heteroatoms. The van der Waals surface area contributed by atoms with E-state index >= 15 is 0 Å². The van der Waals surface area contributed by atoms with Crippen LogP contribution in [0.15, 0.2) is 24.3 Å². The summed E-state index contributed by atoms with van der Waals surface area (Å²) in [7, 11) is 0. The fourth-order valence-corrected chi connectivity index (χ4v) is 4.02. The van der Waals surface area contributed by atoms with E-state index in [2.05, 4.69) is 11.7 Å². The quantitative estimate of drug-likeness (QED) is 0.257. The molecule has 0 bridgehead atoms. The average molecular weight is 438 g/mol. The molecule has 2 unspecified atom stereocenters. The van der Waals surface area contributed by atoms with Gasteiger partial charge in [0.15, 0.2) is 23.3 Å². The highest BCUT2D eigenvalue weighted by Gasteiger charge is 2.28. The number of hydrogen-bond acceptors (Lipinski definition) is 3. The minimum absolute atomic E-state index is 0.113. The molecular weight excluding hydrogens is 412 g/mol. The number of hydrogen-bond donors (Lipinski definition) is 0. The zero-order valence-corrected chi connectivity index (χ0v) is 17.4. The lowest BCUT2D eigenvalue weighted by molar-refractivity contribution is -0.129. The highest BCUT2D eigenvalue weighted by atomic mass is 19.2. The molecule has 0 N–H and O–H groups in total. The fourth-order valence-electron chi connectivity index (χ4n) is 4.02. The molecule has 2 aromatic rings. The van der Waals surface area contributed by atoms with Gasteiger partial charge in [0, 0.05) is 22.6 Å². The van der Waals surface area contributed by atoms with Crippen LogP contribution in [0.1, 0.15) is 62.5 Å². The third-order valence-electron chi connectivity index (χ3n) is 5.81. The van der Waals surface area contributed by atoms with Crippen LogP contribution in [0.25, 0.3) is 11.1 Å². The van der Waals surface area contributed by atoms with Crippen molar-refractivity contribution in [3.05, 3.63) is 58.7 Å². The zero-order chi connectivity index (χ0) is 22.4. The second-order valence-corrected chi connectivity index (χ2v) is 7.86. The SMILES string of the molecule is CCCCCC1CCC(c2ccc(-c3ccc(COC=O)c(F)c3F)c(F)c2F)CO1. The van der Waals surface area contributed by atoms with E-state index < -0.39 is 35.4 Å². The number of halogens is 4. The summed E-state index contributed by atoms with van der Waals surface area (Å²) < 4.78 is 68.7. The summed E-state index contributed by atoms with van der Waals surface area (Å²) in [5.74, 6) is -5.16.